The quantitative estimate of drug-likeness (QED) is 0.154. The van der Waals surface area contributed by atoms with E-state index in [4.69, 9.17) is 15.8 Å². The molecule has 1 fully saturated rings. The molecule has 0 bridgehead atoms. The highest BCUT2D eigenvalue weighted by molar-refractivity contribution is 8.01. The van der Waals surface area contributed by atoms with Crippen LogP contribution in [0, 0.1) is 11.3 Å². The summed E-state index contributed by atoms with van der Waals surface area (Å²) in [6, 6.07) is 0.974. The van der Waals surface area contributed by atoms with Gasteiger partial charge in [-0.3, -0.25) is 14.5 Å². The highest BCUT2D eigenvalue weighted by Crippen LogP contribution is 2.41. The molecule has 0 unspecified atom stereocenters. The number of carbonyl (C=O) groups is 3. The zero-order chi connectivity index (χ0) is 25.1. The predicted octanol–water partition coefficient (Wildman–Crippen LogP) is -0.883. The average Bonchev–Trinajstić information content (AvgIpc) is 3.47. The number of nitrogens with one attached hydrogen (secondary N) is 1. The molecule has 35 heavy (non-hydrogen) atoms. The Hall–Kier alpha value is -3.69. The van der Waals surface area contributed by atoms with Crippen LogP contribution in [0.1, 0.15) is 5.69 Å². The van der Waals surface area contributed by atoms with E-state index >= 15 is 0 Å². The SMILES string of the molecule is CO/N=C(/C(=O)N[C@@H]1C(=O)N2C(C(=O)O)=C(CSc3nnnn3CC#N)CS[C@H]12)c1csc(N)n1. The number of carboxylic acid groups (broad SMARTS) is 1. The number of rotatable bonds is 9. The first-order chi connectivity index (χ1) is 16.8. The number of nitrogens with zero attached hydrogens (tertiary/aromatic N) is 8. The van der Waals surface area contributed by atoms with E-state index in [-0.39, 0.29) is 34.5 Å². The minimum absolute atomic E-state index is 0.0508. The first-order valence-electron chi connectivity index (χ1n) is 9.65. The normalized spacial score (nSPS) is 19.6. The van der Waals surface area contributed by atoms with Gasteiger partial charge in [0.05, 0.1) is 6.07 Å². The number of carbonyl (C=O) groups excluding carboxylic acids is 2. The van der Waals surface area contributed by atoms with Crippen molar-refractivity contribution in [2.75, 3.05) is 24.3 Å². The fourth-order valence-corrected chi connectivity index (χ4v) is 6.22. The Labute approximate surface area is 209 Å². The summed E-state index contributed by atoms with van der Waals surface area (Å²) in [6.07, 6.45) is 0. The molecule has 0 radical (unpaired) electrons. The number of β-lactam (4-membered cyclic amide) rings is 1. The number of tetrazole rings is 1. The number of nitriles is 1. The zero-order valence-corrected chi connectivity index (χ0v) is 20.3. The predicted molar refractivity (Wildman–Crippen MR) is 124 cm³/mol. The number of hydrogen-bond acceptors (Lipinski definition) is 14. The lowest BCUT2D eigenvalue weighted by Crippen LogP contribution is -2.71. The maximum Gasteiger partial charge on any atom is 0.352 e. The molecule has 4 heterocycles. The largest absolute Gasteiger partial charge is 0.477 e. The highest BCUT2D eigenvalue weighted by atomic mass is 32.2. The Morgan fingerprint density at radius 3 is 2.97 bits per heavy atom. The summed E-state index contributed by atoms with van der Waals surface area (Å²) in [5.74, 6) is -2.04. The van der Waals surface area contributed by atoms with Crippen molar-refractivity contribution in [2.24, 2.45) is 5.16 Å². The molecule has 2 aromatic heterocycles. The number of carboxylic acids is 1. The lowest BCUT2D eigenvalue weighted by Gasteiger charge is -2.49. The van der Waals surface area contributed by atoms with E-state index in [0.29, 0.717) is 16.5 Å². The summed E-state index contributed by atoms with van der Waals surface area (Å²) in [7, 11) is 1.26. The minimum atomic E-state index is -1.26. The number of oxime groups is 1. The van der Waals surface area contributed by atoms with Crippen LogP contribution >= 0.6 is 34.9 Å². The smallest absolute Gasteiger partial charge is 0.352 e. The molecule has 0 aliphatic carbocycles. The van der Waals surface area contributed by atoms with Crippen molar-refractivity contribution in [1.82, 2.24) is 35.4 Å². The molecule has 0 saturated carbocycles. The Morgan fingerprint density at radius 2 is 2.31 bits per heavy atom. The molecule has 15 nitrogen and oxygen atoms in total. The van der Waals surface area contributed by atoms with Gasteiger partial charge in [-0.05, 0) is 16.0 Å². The number of aliphatic carboxylic acids is 1. The van der Waals surface area contributed by atoms with Gasteiger partial charge >= 0.3 is 5.97 Å². The molecule has 0 aromatic carbocycles. The van der Waals surface area contributed by atoms with Crippen molar-refractivity contribution >= 4 is 63.5 Å². The van der Waals surface area contributed by atoms with Gasteiger partial charge in [-0.1, -0.05) is 16.9 Å². The standard InChI is InChI=1S/C17H16N10O5S3/c1-32-23-9(8-6-34-16(19)20-8)12(28)21-10-13(29)27-11(15(30)31)7(4-33-14(10)27)5-35-17-22-24-25-26(17)3-2-18/h6,10,14H,3-5H2,1H3,(H2,19,20)(H,21,28)(H,30,31)/b23-9+/t10-,14-/m1/s1. The minimum Gasteiger partial charge on any atom is -0.477 e. The number of hydrogen-bond donors (Lipinski definition) is 3. The molecule has 2 aliphatic rings. The third kappa shape index (κ3) is 4.78. The Morgan fingerprint density at radius 1 is 1.51 bits per heavy atom. The summed E-state index contributed by atoms with van der Waals surface area (Å²) in [4.78, 5) is 47.6. The van der Waals surface area contributed by atoms with E-state index < -0.39 is 29.2 Å². The molecular formula is C17H16N10O5S3. The lowest BCUT2D eigenvalue weighted by atomic mass is 10.0. The van der Waals surface area contributed by atoms with Crippen LogP contribution in [0.4, 0.5) is 5.13 Å². The molecule has 4 rings (SSSR count). The number of thioether (sulfide) groups is 2. The number of aromatic nitrogens is 5. The first kappa shape index (κ1) is 24.4. The number of amides is 2. The van der Waals surface area contributed by atoms with Gasteiger partial charge in [-0.15, -0.1) is 28.2 Å². The first-order valence-corrected chi connectivity index (χ1v) is 12.6. The van der Waals surface area contributed by atoms with Gasteiger partial charge in [-0.2, -0.15) is 5.26 Å². The van der Waals surface area contributed by atoms with E-state index in [1.54, 1.807) is 0 Å². The van der Waals surface area contributed by atoms with Crippen molar-refractivity contribution in [3.63, 3.8) is 0 Å². The Kier molecular flexibility index (Phi) is 7.18. The second-order valence-electron chi connectivity index (χ2n) is 6.88. The highest BCUT2D eigenvalue weighted by Gasteiger charge is 2.54. The molecule has 2 aromatic rings. The lowest BCUT2D eigenvalue weighted by molar-refractivity contribution is -0.150. The third-order valence-electron chi connectivity index (χ3n) is 4.79. The molecule has 18 heteroatoms. The second-order valence-corrected chi connectivity index (χ2v) is 9.81. The van der Waals surface area contributed by atoms with Crippen molar-refractivity contribution in [1.29, 1.82) is 5.26 Å². The number of fused-ring (bicyclic) bond motifs is 1. The van der Waals surface area contributed by atoms with Crippen LogP contribution in [-0.4, -0.2) is 88.7 Å². The van der Waals surface area contributed by atoms with Crippen LogP contribution in [0.3, 0.4) is 0 Å². The van der Waals surface area contributed by atoms with Crippen LogP contribution in [0.5, 0.6) is 0 Å². The maximum absolute atomic E-state index is 12.9. The molecular weight excluding hydrogens is 520 g/mol. The topological polar surface area (TPSA) is 215 Å². The molecule has 2 atom stereocenters. The summed E-state index contributed by atoms with van der Waals surface area (Å²) in [5, 5.41) is 37.5. The van der Waals surface area contributed by atoms with Gasteiger partial charge in [0.1, 0.15) is 36.5 Å². The second kappa shape index (κ2) is 10.3. The van der Waals surface area contributed by atoms with Crippen molar-refractivity contribution in [2.45, 2.75) is 23.1 Å². The number of nitrogen functional groups attached to an aromatic ring is 1. The van der Waals surface area contributed by atoms with Crippen LogP contribution < -0.4 is 11.1 Å². The Bertz CT molecular complexity index is 1280. The summed E-state index contributed by atoms with van der Waals surface area (Å²) in [6.45, 7) is -0.0508. The van der Waals surface area contributed by atoms with Gasteiger partial charge in [0.25, 0.3) is 11.8 Å². The number of nitrogens with two attached hydrogens (primary N) is 1. The molecule has 2 aliphatic heterocycles. The number of thiazole rings is 1. The van der Waals surface area contributed by atoms with E-state index in [1.807, 2.05) is 6.07 Å². The van der Waals surface area contributed by atoms with Gasteiger partial charge in [-0.25, -0.2) is 14.5 Å². The van der Waals surface area contributed by atoms with Crippen molar-refractivity contribution < 1.29 is 24.3 Å². The monoisotopic (exact) mass is 536 g/mol. The fourth-order valence-electron chi connectivity index (χ4n) is 3.31. The van der Waals surface area contributed by atoms with Gasteiger partial charge in [0.15, 0.2) is 10.8 Å². The van der Waals surface area contributed by atoms with E-state index in [2.05, 4.69) is 31.0 Å². The summed E-state index contributed by atoms with van der Waals surface area (Å²) >= 11 is 3.58. The van der Waals surface area contributed by atoms with Gasteiger partial charge < -0.3 is 21.0 Å². The van der Waals surface area contributed by atoms with Crippen LogP contribution in [-0.2, 0) is 25.8 Å². The average molecular weight is 537 g/mol. The van der Waals surface area contributed by atoms with Crippen LogP contribution in [0.2, 0.25) is 0 Å². The third-order valence-corrected chi connectivity index (χ3v) is 7.85. The molecule has 2 amide bonds. The van der Waals surface area contributed by atoms with Crippen LogP contribution in [0.25, 0.3) is 0 Å². The molecule has 0 spiro atoms. The van der Waals surface area contributed by atoms with E-state index in [0.717, 1.165) is 28.0 Å². The van der Waals surface area contributed by atoms with Crippen LogP contribution in [0.15, 0.2) is 27.0 Å². The van der Waals surface area contributed by atoms with Gasteiger partial charge in [0.2, 0.25) is 5.16 Å². The van der Waals surface area contributed by atoms with Gasteiger partial charge in [0, 0.05) is 16.9 Å². The Balaban J connectivity index is 1.49. The fraction of sp³-hybridized carbons (Fsp3) is 0.353. The van der Waals surface area contributed by atoms with E-state index in [9.17, 15) is 19.5 Å². The van der Waals surface area contributed by atoms with E-state index in [1.165, 1.54) is 28.9 Å². The molecule has 1 saturated heterocycles. The van der Waals surface area contributed by atoms with Crippen molar-refractivity contribution in [3.8, 4) is 6.07 Å². The van der Waals surface area contributed by atoms with Crippen molar-refractivity contribution in [3.05, 3.63) is 22.3 Å². The number of anilines is 1. The molecule has 182 valence electrons. The zero-order valence-electron chi connectivity index (χ0n) is 17.8. The summed E-state index contributed by atoms with van der Waals surface area (Å²) in [5.41, 5.74) is 6.00. The maximum atomic E-state index is 12.9. The summed E-state index contributed by atoms with van der Waals surface area (Å²) < 4.78 is 1.29. The molecule has 4 N–H and O–H groups in total.